The Morgan fingerprint density at radius 3 is 2.47 bits per heavy atom. The number of halogens is 1. The highest BCUT2D eigenvalue weighted by molar-refractivity contribution is 6.33. The van der Waals surface area contributed by atoms with Gasteiger partial charge in [0.25, 0.3) is 0 Å². The molecule has 3 heteroatoms. The second-order valence-corrected chi connectivity index (χ2v) is 4.76. The maximum Gasteiger partial charge on any atom is 0.0637 e. The molecule has 0 fully saturated rings. The molecule has 1 rings (SSSR count). The smallest absolute Gasteiger partial charge is 0.0637 e. The number of hydrogen-bond acceptors (Lipinski definition) is 2. The minimum atomic E-state index is 0.683. The molecule has 0 saturated carbocycles. The third kappa shape index (κ3) is 4.57. The molecule has 96 valence electrons. The normalized spacial score (nSPS) is 11.2. The number of likely N-dealkylation sites (N-methyl/N-ethyl adjacent to an activating group) is 1. The Morgan fingerprint density at radius 1 is 1.24 bits per heavy atom. The molecule has 0 spiro atoms. The first kappa shape index (κ1) is 14.3. The van der Waals surface area contributed by atoms with E-state index in [1.54, 1.807) is 0 Å². The van der Waals surface area contributed by atoms with E-state index in [2.05, 4.69) is 31.1 Å². The minimum absolute atomic E-state index is 0.683. The highest BCUT2D eigenvalue weighted by atomic mass is 35.5. The fourth-order valence-corrected chi connectivity index (χ4v) is 2.27. The van der Waals surface area contributed by atoms with Gasteiger partial charge < -0.3 is 10.2 Å². The molecule has 0 aliphatic heterocycles. The Hall–Kier alpha value is -0.730. The first-order valence-corrected chi connectivity index (χ1v) is 6.75. The van der Waals surface area contributed by atoms with Crippen molar-refractivity contribution in [3.63, 3.8) is 0 Å². The second kappa shape index (κ2) is 7.57. The quantitative estimate of drug-likeness (QED) is 0.795. The zero-order chi connectivity index (χ0) is 12.7. The fraction of sp³-hybridized carbons (Fsp3) is 0.571. The molecule has 0 amide bonds. The lowest BCUT2D eigenvalue weighted by Gasteiger charge is -2.26. The molecular weight excluding hydrogens is 232 g/mol. The summed E-state index contributed by atoms with van der Waals surface area (Å²) < 4.78 is 0. The topological polar surface area (TPSA) is 15.3 Å². The zero-order valence-corrected chi connectivity index (χ0v) is 11.8. The Balaban J connectivity index is 2.35. The Bertz CT molecular complexity index is 324. The summed E-state index contributed by atoms with van der Waals surface area (Å²) in [5, 5.41) is 4.16. The Labute approximate surface area is 110 Å². The van der Waals surface area contributed by atoms with E-state index < -0.39 is 0 Å². The van der Waals surface area contributed by atoms with Crippen LogP contribution in [0.4, 0.5) is 5.69 Å². The number of anilines is 1. The molecule has 0 heterocycles. The van der Waals surface area contributed by atoms with Crippen LogP contribution in [0.5, 0.6) is 0 Å². The SMILES string of the molecule is CCC(CC)N(C)CCNc1ccccc1Cl. The van der Waals surface area contributed by atoms with Gasteiger partial charge in [-0.15, -0.1) is 0 Å². The third-order valence-electron chi connectivity index (χ3n) is 3.22. The molecule has 1 aromatic carbocycles. The van der Waals surface area contributed by atoms with Crippen molar-refractivity contribution >= 4 is 17.3 Å². The zero-order valence-electron chi connectivity index (χ0n) is 11.0. The van der Waals surface area contributed by atoms with Crippen LogP contribution in [-0.2, 0) is 0 Å². The van der Waals surface area contributed by atoms with E-state index in [0.29, 0.717) is 6.04 Å². The number of nitrogens with one attached hydrogen (secondary N) is 1. The summed E-state index contributed by atoms with van der Waals surface area (Å²) in [6, 6.07) is 8.56. The van der Waals surface area contributed by atoms with Crippen molar-refractivity contribution in [2.45, 2.75) is 32.7 Å². The molecule has 0 radical (unpaired) electrons. The van der Waals surface area contributed by atoms with Gasteiger partial charge in [0.15, 0.2) is 0 Å². The number of hydrogen-bond donors (Lipinski definition) is 1. The number of benzene rings is 1. The molecule has 1 aromatic rings. The van der Waals surface area contributed by atoms with E-state index in [9.17, 15) is 0 Å². The average Bonchev–Trinajstić information content (AvgIpc) is 2.33. The summed E-state index contributed by atoms with van der Waals surface area (Å²) in [4.78, 5) is 2.41. The summed E-state index contributed by atoms with van der Waals surface area (Å²) >= 11 is 6.08. The molecular formula is C14H23ClN2. The molecule has 1 N–H and O–H groups in total. The number of para-hydroxylation sites is 1. The van der Waals surface area contributed by atoms with Gasteiger partial charge in [-0.1, -0.05) is 37.6 Å². The lowest BCUT2D eigenvalue weighted by Crippen LogP contribution is -2.34. The molecule has 0 bridgehead atoms. The molecule has 2 nitrogen and oxygen atoms in total. The highest BCUT2D eigenvalue weighted by Crippen LogP contribution is 2.20. The lowest BCUT2D eigenvalue weighted by molar-refractivity contribution is 0.238. The summed E-state index contributed by atoms with van der Waals surface area (Å²) in [5.74, 6) is 0. The van der Waals surface area contributed by atoms with Gasteiger partial charge in [-0.3, -0.25) is 0 Å². The van der Waals surface area contributed by atoms with Crippen LogP contribution in [0.25, 0.3) is 0 Å². The first-order chi connectivity index (χ1) is 8.19. The highest BCUT2D eigenvalue weighted by Gasteiger charge is 2.09. The van der Waals surface area contributed by atoms with Gasteiger partial charge in [0, 0.05) is 19.1 Å². The fourth-order valence-electron chi connectivity index (χ4n) is 2.07. The molecule has 0 atom stereocenters. The second-order valence-electron chi connectivity index (χ2n) is 4.36. The van der Waals surface area contributed by atoms with Gasteiger partial charge in [0.1, 0.15) is 0 Å². The summed E-state index contributed by atoms with van der Waals surface area (Å²) in [7, 11) is 2.19. The number of nitrogens with zero attached hydrogens (tertiary/aromatic N) is 1. The largest absolute Gasteiger partial charge is 0.383 e. The predicted molar refractivity (Wildman–Crippen MR) is 76.9 cm³/mol. The average molecular weight is 255 g/mol. The Kier molecular flexibility index (Phi) is 6.38. The molecule has 0 aliphatic rings. The van der Waals surface area contributed by atoms with Crippen LogP contribution in [0.2, 0.25) is 5.02 Å². The van der Waals surface area contributed by atoms with Gasteiger partial charge in [0.2, 0.25) is 0 Å². The molecule has 0 saturated heterocycles. The van der Waals surface area contributed by atoms with Crippen LogP contribution in [-0.4, -0.2) is 31.1 Å². The van der Waals surface area contributed by atoms with Crippen molar-refractivity contribution in [3.05, 3.63) is 29.3 Å². The summed E-state index contributed by atoms with van der Waals surface area (Å²) in [6.07, 6.45) is 2.41. The van der Waals surface area contributed by atoms with Crippen LogP contribution in [0, 0.1) is 0 Å². The van der Waals surface area contributed by atoms with Gasteiger partial charge in [-0.05, 0) is 32.0 Å². The third-order valence-corrected chi connectivity index (χ3v) is 3.55. The van der Waals surface area contributed by atoms with E-state index in [1.807, 2.05) is 24.3 Å². The van der Waals surface area contributed by atoms with Gasteiger partial charge >= 0.3 is 0 Å². The monoisotopic (exact) mass is 254 g/mol. The maximum atomic E-state index is 6.08. The standard InChI is InChI=1S/C14H23ClN2/c1-4-12(5-2)17(3)11-10-16-14-9-7-6-8-13(14)15/h6-9,12,16H,4-5,10-11H2,1-3H3. The van der Waals surface area contributed by atoms with Crippen molar-refractivity contribution in [1.29, 1.82) is 0 Å². The summed E-state index contributed by atoms with van der Waals surface area (Å²) in [6.45, 7) is 6.45. The van der Waals surface area contributed by atoms with E-state index >= 15 is 0 Å². The Morgan fingerprint density at radius 2 is 1.88 bits per heavy atom. The van der Waals surface area contributed by atoms with Crippen LogP contribution >= 0.6 is 11.6 Å². The van der Waals surface area contributed by atoms with Crippen LogP contribution in [0.15, 0.2) is 24.3 Å². The molecule has 0 aromatic heterocycles. The van der Waals surface area contributed by atoms with E-state index in [0.717, 1.165) is 23.8 Å². The van der Waals surface area contributed by atoms with E-state index in [4.69, 9.17) is 11.6 Å². The van der Waals surface area contributed by atoms with Crippen molar-refractivity contribution < 1.29 is 0 Å². The number of rotatable bonds is 7. The lowest BCUT2D eigenvalue weighted by atomic mass is 10.1. The van der Waals surface area contributed by atoms with Gasteiger partial charge in [0.05, 0.1) is 10.7 Å². The van der Waals surface area contributed by atoms with Crippen molar-refractivity contribution in [2.75, 3.05) is 25.5 Å². The van der Waals surface area contributed by atoms with Crippen LogP contribution < -0.4 is 5.32 Å². The maximum absolute atomic E-state index is 6.08. The van der Waals surface area contributed by atoms with Crippen molar-refractivity contribution in [3.8, 4) is 0 Å². The van der Waals surface area contributed by atoms with Crippen molar-refractivity contribution in [1.82, 2.24) is 4.90 Å². The molecule has 0 unspecified atom stereocenters. The van der Waals surface area contributed by atoms with Crippen LogP contribution in [0.3, 0.4) is 0 Å². The molecule has 0 aliphatic carbocycles. The van der Waals surface area contributed by atoms with Crippen molar-refractivity contribution in [2.24, 2.45) is 0 Å². The van der Waals surface area contributed by atoms with Crippen LogP contribution in [0.1, 0.15) is 26.7 Å². The molecule has 17 heavy (non-hydrogen) atoms. The van der Waals surface area contributed by atoms with E-state index in [1.165, 1.54) is 12.8 Å². The predicted octanol–water partition coefficient (Wildman–Crippen LogP) is 3.87. The van der Waals surface area contributed by atoms with Gasteiger partial charge in [-0.2, -0.15) is 0 Å². The first-order valence-electron chi connectivity index (χ1n) is 6.37. The summed E-state index contributed by atoms with van der Waals surface area (Å²) in [5.41, 5.74) is 1.02. The van der Waals surface area contributed by atoms with E-state index in [-0.39, 0.29) is 0 Å². The minimum Gasteiger partial charge on any atom is -0.383 e. The van der Waals surface area contributed by atoms with Gasteiger partial charge in [-0.25, -0.2) is 0 Å².